The number of rotatable bonds is 2. The Kier molecular flexibility index (Phi) is 3.79. The highest BCUT2D eigenvalue weighted by Crippen LogP contribution is 2.07. The van der Waals surface area contributed by atoms with Gasteiger partial charge in [-0.2, -0.15) is 0 Å². The SMILES string of the molecule is C#CCc1cc(I)cc(B(O)O)c1. The van der Waals surface area contributed by atoms with Gasteiger partial charge >= 0.3 is 7.12 Å². The molecule has 0 aliphatic heterocycles. The van der Waals surface area contributed by atoms with Crippen LogP contribution in [-0.4, -0.2) is 17.2 Å². The van der Waals surface area contributed by atoms with Crippen LogP contribution in [0.25, 0.3) is 0 Å². The van der Waals surface area contributed by atoms with Gasteiger partial charge in [0.25, 0.3) is 0 Å². The van der Waals surface area contributed by atoms with Gasteiger partial charge in [-0.1, -0.05) is 6.07 Å². The van der Waals surface area contributed by atoms with Gasteiger partial charge in [-0.25, -0.2) is 0 Å². The maximum atomic E-state index is 8.94. The van der Waals surface area contributed by atoms with E-state index in [1.807, 2.05) is 6.07 Å². The molecule has 0 saturated heterocycles. The number of halogens is 1. The zero-order valence-corrected chi connectivity index (χ0v) is 9.02. The number of hydrogen-bond acceptors (Lipinski definition) is 2. The molecule has 0 aromatic heterocycles. The van der Waals surface area contributed by atoms with E-state index in [2.05, 4.69) is 28.5 Å². The van der Waals surface area contributed by atoms with Crippen molar-refractivity contribution in [2.45, 2.75) is 6.42 Å². The normalized spacial score (nSPS) is 9.38. The molecule has 0 bridgehead atoms. The minimum Gasteiger partial charge on any atom is -0.423 e. The summed E-state index contributed by atoms with van der Waals surface area (Å²) in [5, 5.41) is 17.9. The van der Waals surface area contributed by atoms with Gasteiger partial charge in [0.1, 0.15) is 0 Å². The van der Waals surface area contributed by atoms with Gasteiger partial charge in [-0.15, -0.1) is 12.3 Å². The molecule has 0 saturated carbocycles. The molecule has 0 fully saturated rings. The fraction of sp³-hybridized carbons (Fsp3) is 0.111. The predicted molar refractivity (Wildman–Crippen MR) is 61.5 cm³/mol. The standard InChI is InChI=1S/C9H8BIO2/c1-2-3-7-4-8(10(12)13)6-9(11)5-7/h1,4-6,12-13H,3H2. The van der Waals surface area contributed by atoms with Crippen LogP contribution < -0.4 is 5.46 Å². The van der Waals surface area contributed by atoms with Crippen LogP contribution in [0.4, 0.5) is 0 Å². The lowest BCUT2D eigenvalue weighted by Gasteiger charge is -2.03. The van der Waals surface area contributed by atoms with Crippen LogP contribution >= 0.6 is 22.6 Å². The molecular weight excluding hydrogens is 278 g/mol. The van der Waals surface area contributed by atoms with Crippen LogP contribution in [0.15, 0.2) is 18.2 Å². The minimum atomic E-state index is -1.42. The topological polar surface area (TPSA) is 40.5 Å². The maximum absolute atomic E-state index is 8.94. The van der Waals surface area contributed by atoms with Crippen molar-refractivity contribution >= 4 is 35.2 Å². The molecule has 0 aliphatic rings. The molecule has 1 aromatic rings. The first-order valence-corrected chi connectivity index (χ1v) is 4.80. The van der Waals surface area contributed by atoms with E-state index in [1.165, 1.54) is 0 Å². The van der Waals surface area contributed by atoms with Crippen LogP contribution in [-0.2, 0) is 6.42 Å². The van der Waals surface area contributed by atoms with Gasteiger partial charge in [0.05, 0.1) is 0 Å². The maximum Gasteiger partial charge on any atom is 0.488 e. The summed E-state index contributed by atoms with van der Waals surface area (Å²) >= 11 is 2.11. The Balaban J connectivity index is 3.05. The van der Waals surface area contributed by atoms with Crippen molar-refractivity contribution < 1.29 is 10.0 Å². The van der Waals surface area contributed by atoms with Gasteiger partial charge in [0.15, 0.2) is 0 Å². The summed E-state index contributed by atoms with van der Waals surface area (Å²) < 4.78 is 0.952. The predicted octanol–water partition coefficient (Wildman–Crippen LogP) is 0.147. The Morgan fingerprint density at radius 1 is 1.38 bits per heavy atom. The highest BCUT2D eigenvalue weighted by atomic mass is 127. The zero-order chi connectivity index (χ0) is 9.84. The highest BCUT2D eigenvalue weighted by Gasteiger charge is 2.11. The molecular formula is C9H8BIO2. The molecule has 0 spiro atoms. The third kappa shape index (κ3) is 3.03. The van der Waals surface area contributed by atoms with Gasteiger partial charge in [0.2, 0.25) is 0 Å². The minimum absolute atomic E-state index is 0.483. The second-order valence-electron chi connectivity index (χ2n) is 2.65. The van der Waals surface area contributed by atoms with E-state index in [0.717, 1.165) is 9.13 Å². The average molecular weight is 286 g/mol. The Hall–Kier alpha value is -0.505. The number of benzene rings is 1. The van der Waals surface area contributed by atoms with Crippen molar-refractivity contribution in [2.75, 3.05) is 0 Å². The Morgan fingerprint density at radius 2 is 2.08 bits per heavy atom. The molecule has 2 nitrogen and oxygen atoms in total. The van der Waals surface area contributed by atoms with Crippen molar-refractivity contribution in [2.24, 2.45) is 0 Å². The zero-order valence-electron chi connectivity index (χ0n) is 6.87. The molecule has 0 aliphatic carbocycles. The molecule has 13 heavy (non-hydrogen) atoms. The van der Waals surface area contributed by atoms with Crippen molar-refractivity contribution in [3.05, 3.63) is 27.3 Å². The van der Waals surface area contributed by atoms with Crippen LogP contribution in [0.5, 0.6) is 0 Å². The third-order valence-electron chi connectivity index (χ3n) is 1.58. The van der Waals surface area contributed by atoms with E-state index < -0.39 is 7.12 Å². The lowest BCUT2D eigenvalue weighted by atomic mass is 9.79. The summed E-state index contributed by atoms with van der Waals surface area (Å²) in [5.41, 5.74) is 1.41. The second-order valence-corrected chi connectivity index (χ2v) is 3.89. The summed E-state index contributed by atoms with van der Waals surface area (Å²) in [5.74, 6) is 2.51. The molecule has 0 amide bonds. The lowest BCUT2D eigenvalue weighted by Crippen LogP contribution is -2.30. The van der Waals surface area contributed by atoms with E-state index in [4.69, 9.17) is 16.5 Å². The van der Waals surface area contributed by atoms with E-state index in [0.29, 0.717) is 11.9 Å². The summed E-state index contributed by atoms with van der Waals surface area (Å²) in [6, 6.07) is 5.34. The summed E-state index contributed by atoms with van der Waals surface area (Å²) in [4.78, 5) is 0. The second kappa shape index (κ2) is 4.65. The van der Waals surface area contributed by atoms with Crippen molar-refractivity contribution in [1.29, 1.82) is 0 Å². The molecule has 0 radical (unpaired) electrons. The molecule has 2 N–H and O–H groups in total. The summed E-state index contributed by atoms with van der Waals surface area (Å²) in [6.07, 6.45) is 5.67. The molecule has 0 heterocycles. The quantitative estimate of drug-likeness (QED) is 0.461. The molecule has 0 unspecified atom stereocenters. The smallest absolute Gasteiger partial charge is 0.423 e. The molecule has 66 valence electrons. The first-order chi connectivity index (χ1) is 6.13. The van der Waals surface area contributed by atoms with E-state index in [1.54, 1.807) is 12.1 Å². The molecule has 1 aromatic carbocycles. The van der Waals surface area contributed by atoms with Crippen LogP contribution in [0.2, 0.25) is 0 Å². The fourth-order valence-corrected chi connectivity index (χ4v) is 1.80. The van der Waals surface area contributed by atoms with Crippen molar-refractivity contribution in [1.82, 2.24) is 0 Å². The number of hydrogen-bond donors (Lipinski definition) is 2. The molecule has 4 heteroatoms. The summed E-state index contributed by atoms with van der Waals surface area (Å²) in [7, 11) is -1.42. The molecule has 1 rings (SSSR count). The lowest BCUT2D eigenvalue weighted by molar-refractivity contribution is 0.425. The van der Waals surface area contributed by atoms with Gasteiger partial charge in [-0.05, 0) is 45.7 Å². The Bertz CT molecular complexity index is 344. The monoisotopic (exact) mass is 286 g/mol. The van der Waals surface area contributed by atoms with Crippen LogP contribution in [0.1, 0.15) is 5.56 Å². The van der Waals surface area contributed by atoms with E-state index in [-0.39, 0.29) is 0 Å². The Morgan fingerprint density at radius 3 is 2.62 bits per heavy atom. The van der Waals surface area contributed by atoms with E-state index in [9.17, 15) is 0 Å². The van der Waals surface area contributed by atoms with Gasteiger partial charge in [-0.3, -0.25) is 0 Å². The number of terminal acetylenes is 1. The van der Waals surface area contributed by atoms with Crippen molar-refractivity contribution in [3.63, 3.8) is 0 Å². The average Bonchev–Trinajstić information content (AvgIpc) is 2.03. The van der Waals surface area contributed by atoms with Crippen LogP contribution in [0, 0.1) is 15.9 Å². The van der Waals surface area contributed by atoms with E-state index >= 15 is 0 Å². The third-order valence-corrected chi connectivity index (χ3v) is 2.21. The Labute approximate surface area is 91.3 Å². The first kappa shape index (κ1) is 10.6. The highest BCUT2D eigenvalue weighted by molar-refractivity contribution is 14.1. The van der Waals surface area contributed by atoms with Crippen LogP contribution in [0.3, 0.4) is 0 Å². The van der Waals surface area contributed by atoms with Crippen molar-refractivity contribution in [3.8, 4) is 12.3 Å². The summed E-state index contributed by atoms with van der Waals surface area (Å²) in [6.45, 7) is 0. The van der Waals surface area contributed by atoms with Gasteiger partial charge in [0, 0.05) is 9.99 Å². The van der Waals surface area contributed by atoms with Gasteiger partial charge < -0.3 is 10.0 Å². The first-order valence-electron chi connectivity index (χ1n) is 3.72. The fourth-order valence-electron chi connectivity index (χ4n) is 1.04. The molecule has 0 atom stereocenters. The largest absolute Gasteiger partial charge is 0.488 e.